The van der Waals surface area contributed by atoms with Crippen molar-refractivity contribution >= 4 is 5.91 Å². The number of carbonyl (C=O) groups excluding carboxylic acids is 1. The fourth-order valence-corrected chi connectivity index (χ4v) is 2.04. The van der Waals surface area contributed by atoms with E-state index in [1.807, 2.05) is 6.92 Å². The van der Waals surface area contributed by atoms with E-state index in [1.54, 1.807) is 19.1 Å². The molecule has 2 nitrogen and oxygen atoms in total. The highest BCUT2D eigenvalue weighted by Gasteiger charge is 2.24. The number of nitrogens with one attached hydrogen (secondary N) is 1. The monoisotopic (exact) mass is 235 g/mol. The largest absolute Gasteiger partial charge is 0.349 e. The van der Waals surface area contributed by atoms with Crippen LogP contribution >= 0.6 is 0 Å². The van der Waals surface area contributed by atoms with Crippen LogP contribution in [0.3, 0.4) is 0 Å². The summed E-state index contributed by atoms with van der Waals surface area (Å²) in [5, 5.41) is 2.86. The summed E-state index contributed by atoms with van der Waals surface area (Å²) in [5.41, 5.74) is 0.653. The van der Waals surface area contributed by atoms with Crippen LogP contribution in [0.5, 0.6) is 0 Å². The van der Waals surface area contributed by atoms with Gasteiger partial charge in [-0.2, -0.15) is 0 Å². The van der Waals surface area contributed by atoms with Gasteiger partial charge in [0.2, 0.25) is 0 Å². The van der Waals surface area contributed by atoms with Gasteiger partial charge in [-0.05, 0) is 37.8 Å². The van der Waals surface area contributed by atoms with Crippen molar-refractivity contribution in [1.82, 2.24) is 5.32 Å². The number of carbonyl (C=O) groups is 1. The fourth-order valence-electron chi connectivity index (χ4n) is 2.04. The molecule has 2 rings (SSSR count). The number of aryl methyl sites for hydroxylation is 1. The molecule has 1 atom stereocenters. The summed E-state index contributed by atoms with van der Waals surface area (Å²) < 4.78 is 13.7. The molecular weight excluding hydrogens is 217 g/mol. The number of halogens is 1. The van der Waals surface area contributed by atoms with Gasteiger partial charge in [0.25, 0.3) is 5.91 Å². The molecule has 0 heterocycles. The number of rotatable bonds is 4. The van der Waals surface area contributed by atoms with Gasteiger partial charge >= 0.3 is 0 Å². The third kappa shape index (κ3) is 3.05. The molecule has 0 aliphatic heterocycles. The third-order valence-electron chi connectivity index (χ3n) is 3.20. The molecule has 0 spiro atoms. The molecule has 17 heavy (non-hydrogen) atoms. The van der Waals surface area contributed by atoms with Crippen molar-refractivity contribution in [2.45, 2.75) is 39.2 Å². The second-order valence-corrected chi connectivity index (χ2v) is 4.99. The molecule has 92 valence electrons. The number of benzene rings is 1. The van der Waals surface area contributed by atoms with Gasteiger partial charge in [0.05, 0.1) is 5.56 Å². The molecule has 1 aliphatic rings. The van der Waals surface area contributed by atoms with Crippen LogP contribution in [0.4, 0.5) is 4.39 Å². The molecule has 0 aromatic heterocycles. The van der Waals surface area contributed by atoms with E-state index in [1.165, 1.54) is 18.9 Å². The van der Waals surface area contributed by atoms with Gasteiger partial charge in [-0.25, -0.2) is 4.39 Å². The molecule has 0 saturated heterocycles. The Kier molecular flexibility index (Phi) is 3.46. The average Bonchev–Trinajstić information content (AvgIpc) is 3.05. The van der Waals surface area contributed by atoms with E-state index in [2.05, 4.69) is 5.32 Å². The molecule has 1 fully saturated rings. The summed E-state index contributed by atoms with van der Waals surface area (Å²) in [5.74, 6) is 0.0376. The Balaban J connectivity index is 2.00. The minimum absolute atomic E-state index is 0.120. The van der Waals surface area contributed by atoms with Crippen molar-refractivity contribution < 1.29 is 9.18 Å². The fraction of sp³-hybridized carbons (Fsp3) is 0.500. The topological polar surface area (TPSA) is 29.1 Å². The van der Waals surface area contributed by atoms with Gasteiger partial charge in [-0.15, -0.1) is 0 Å². The van der Waals surface area contributed by atoms with Crippen LogP contribution in [0.2, 0.25) is 0 Å². The first-order valence-corrected chi connectivity index (χ1v) is 6.14. The summed E-state index contributed by atoms with van der Waals surface area (Å²) in [7, 11) is 0. The molecule has 1 saturated carbocycles. The van der Waals surface area contributed by atoms with E-state index in [0.717, 1.165) is 12.3 Å². The molecule has 0 bridgehead atoms. The molecule has 1 aliphatic carbocycles. The Morgan fingerprint density at radius 1 is 1.53 bits per heavy atom. The van der Waals surface area contributed by atoms with Crippen LogP contribution in [0.15, 0.2) is 18.2 Å². The first kappa shape index (κ1) is 12.1. The Labute approximate surface area is 101 Å². The van der Waals surface area contributed by atoms with Gasteiger partial charge in [0.15, 0.2) is 0 Å². The highest BCUT2D eigenvalue weighted by atomic mass is 19.1. The predicted octanol–water partition coefficient (Wildman–Crippen LogP) is 3.05. The van der Waals surface area contributed by atoms with Crippen molar-refractivity contribution in [3.8, 4) is 0 Å². The summed E-state index contributed by atoms with van der Waals surface area (Å²) >= 11 is 0. The molecule has 1 unspecified atom stereocenters. The van der Waals surface area contributed by atoms with Crippen LogP contribution in [-0.4, -0.2) is 11.9 Å². The minimum Gasteiger partial charge on any atom is -0.349 e. The highest BCUT2D eigenvalue weighted by molar-refractivity contribution is 5.94. The van der Waals surface area contributed by atoms with Crippen molar-refractivity contribution in [3.05, 3.63) is 35.1 Å². The molecule has 0 radical (unpaired) electrons. The summed E-state index contributed by atoms with van der Waals surface area (Å²) in [6.07, 6.45) is 3.53. The van der Waals surface area contributed by atoms with Gasteiger partial charge < -0.3 is 5.32 Å². The Morgan fingerprint density at radius 3 is 2.88 bits per heavy atom. The standard InChI is InChI=1S/C14H18FNO/c1-9-4-3-5-12(13(9)15)14(17)16-10(2)8-11-6-7-11/h3-5,10-11H,6-8H2,1-2H3,(H,16,17). The second kappa shape index (κ2) is 4.86. The summed E-state index contributed by atoms with van der Waals surface area (Å²) in [6, 6.07) is 5.02. The summed E-state index contributed by atoms with van der Waals surface area (Å²) in [4.78, 5) is 11.9. The van der Waals surface area contributed by atoms with Gasteiger partial charge in [-0.3, -0.25) is 4.79 Å². The third-order valence-corrected chi connectivity index (χ3v) is 3.20. The zero-order valence-electron chi connectivity index (χ0n) is 10.3. The van der Waals surface area contributed by atoms with E-state index < -0.39 is 5.82 Å². The van der Waals surface area contributed by atoms with Crippen LogP contribution in [-0.2, 0) is 0 Å². The van der Waals surface area contributed by atoms with Crippen molar-refractivity contribution in [2.75, 3.05) is 0 Å². The lowest BCUT2D eigenvalue weighted by Crippen LogP contribution is -2.33. The smallest absolute Gasteiger partial charge is 0.254 e. The highest BCUT2D eigenvalue weighted by Crippen LogP contribution is 2.33. The quantitative estimate of drug-likeness (QED) is 0.853. The molecule has 1 aromatic carbocycles. The maximum atomic E-state index is 13.7. The normalized spacial score (nSPS) is 16.6. The lowest BCUT2D eigenvalue weighted by Gasteiger charge is -2.14. The number of hydrogen-bond acceptors (Lipinski definition) is 1. The van der Waals surface area contributed by atoms with Crippen molar-refractivity contribution in [2.24, 2.45) is 5.92 Å². The van der Waals surface area contributed by atoms with E-state index in [4.69, 9.17) is 0 Å². The number of hydrogen-bond donors (Lipinski definition) is 1. The van der Waals surface area contributed by atoms with E-state index in [-0.39, 0.29) is 17.5 Å². The van der Waals surface area contributed by atoms with E-state index in [9.17, 15) is 9.18 Å². The van der Waals surface area contributed by atoms with Gasteiger partial charge in [0, 0.05) is 6.04 Å². The molecule has 3 heteroatoms. The van der Waals surface area contributed by atoms with Crippen LogP contribution < -0.4 is 5.32 Å². The van der Waals surface area contributed by atoms with Crippen LogP contribution in [0, 0.1) is 18.7 Å². The minimum atomic E-state index is -0.413. The zero-order chi connectivity index (χ0) is 12.4. The molecule has 1 aromatic rings. The Hall–Kier alpha value is -1.38. The average molecular weight is 235 g/mol. The van der Waals surface area contributed by atoms with Crippen LogP contribution in [0.1, 0.15) is 42.1 Å². The second-order valence-electron chi connectivity index (χ2n) is 4.99. The first-order chi connectivity index (χ1) is 8.08. The van der Waals surface area contributed by atoms with Gasteiger partial charge in [0.1, 0.15) is 5.82 Å². The van der Waals surface area contributed by atoms with Gasteiger partial charge in [-0.1, -0.05) is 25.0 Å². The van der Waals surface area contributed by atoms with E-state index >= 15 is 0 Å². The molecule has 1 amide bonds. The predicted molar refractivity (Wildman–Crippen MR) is 65.4 cm³/mol. The Bertz CT molecular complexity index is 426. The molecular formula is C14H18FNO. The lowest BCUT2D eigenvalue weighted by molar-refractivity contribution is 0.0933. The summed E-state index contributed by atoms with van der Waals surface area (Å²) in [6.45, 7) is 3.64. The maximum Gasteiger partial charge on any atom is 0.254 e. The molecule has 1 N–H and O–H groups in total. The maximum absolute atomic E-state index is 13.7. The SMILES string of the molecule is Cc1cccc(C(=O)NC(C)CC2CC2)c1F. The van der Waals surface area contributed by atoms with Crippen molar-refractivity contribution in [3.63, 3.8) is 0 Å². The van der Waals surface area contributed by atoms with Crippen molar-refractivity contribution in [1.29, 1.82) is 0 Å². The van der Waals surface area contributed by atoms with Crippen LogP contribution in [0.25, 0.3) is 0 Å². The first-order valence-electron chi connectivity index (χ1n) is 6.14. The zero-order valence-corrected chi connectivity index (χ0v) is 10.3. The Morgan fingerprint density at radius 2 is 2.24 bits per heavy atom. The number of amides is 1. The van der Waals surface area contributed by atoms with E-state index in [0.29, 0.717) is 5.56 Å². The lowest BCUT2D eigenvalue weighted by atomic mass is 10.1.